The Bertz CT molecular complexity index is 3640. The summed E-state index contributed by atoms with van der Waals surface area (Å²) in [6.45, 7) is 12.7. The summed E-state index contributed by atoms with van der Waals surface area (Å²) < 4.78 is 98.3. The molecule has 0 spiro atoms. The van der Waals surface area contributed by atoms with Crippen LogP contribution in [0, 0.1) is 16.2 Å². The molecule has 0 aliphatic carbocycles. The smallest absolute Gasteiger partial charge is 0.396 e. The molecule has 0 aromatic heterocycles. The van der Waals surface area contributed by atoms with Crippen molar-refractivity contribution in [1.29, 1.82) is 0 Å². The van der Waals surface area contributed by atoms with Crippen molar-refractivity contribution < 1.29 is 169 Å². The third kappa shape index (κ3) is 41.1. The minimum absolute atomic E-state index is 0.0615. The van der Waals surface area contributed by atoms with Gasteiger partial charge < -0.3 is 145 Å². The van der Waals surface area contributed by atoms with Crippen LogP contribution in [0.5, 0.6) is 0 Å². The van der Waals surface area contributed by atoms with Crippen LogP contribution < -0.4 is 31.9 Å². The Morgan fingerprint density at radius 1 is 0.381 bits per heavy atom. The number of hydrogen-bond donors (Lipinski definition) is 18. The highest BCUT2D eigenvalue weighted by Gasteiger charge is 2.51. The van der Waals surface area contributed by atoms with E-state index in [-0.39, 0.29) is 165 Å². The van der Waals surface area contributed by atoms with Crippen molar-refractivity contribution in [1.82, 2.24) is 46.6 Å². The lowest BCUT2D eigenvalue weighted by Gasteiger charge is -2.45. The van der Waals surface area contributed by atoms with Gasteiger partial charge in [0.05, 0.1) is 70.7 Å². The molecule has 6 saturated heterocycles. The Morgan fingerprint density at radius 2 is 0.672 bits per heavy atom. The lowest BCUT2D eigenvalue weighted by atomic mass is 9.72. The minimum Gasteiger partial charge on any atom is -0.396 e. The predicted molar refractivity (Wildman–Crippen MR) is 480 cm³/mol. The fourth-order valence-electron chi connectivity index (χ4n) is 17.4. The number of unbranched alkanes of at least 4 members (excludes halogenated alkanes) is 9. The molecule has 18 N–H and O–H groups in total. The van der Waals surface area contributed by atoms with Crippen LogP contribution in [0.1, 0.15) is 242 Å². The van der Waals surface area contributed by atoms with E-state index in [9.17, 15) is 113 Å². The van der Waals surface area contributed by atoms with Gasteiger partial charge in [-0.05, 0) is 163 Å². The Hall–Kier alpha value is -5.27. The average Bonchev–Trinajstić information content (AvgIpc) is 0.802. The molecular formula is C88H159N9O35P2. The highest BCUT2D eigenvalue weighted by molar-refractivity contribution is 7.47. The van der Waals surface area contributed by atoms with E-state index in [1.165, 1.54) is 20.8 Å². The lowest BCUT2D eigenvalue weighted by molar-refractivity contribution is -0.270. The zero-order valence-electron chi connectivity index (χ0n) is 79.7. The van der Waals surface area contributed by atoms with Crippen molar-refractivity contribution in [3.05, 3.63) is 0 Å². The van der Waals surface area contributed by atoms with Crippen LogP contribution in [-0.4, -0.2) is 377 Å². The fraction of sp³-hybridized carbons (Fsp3) is 0.898. The molecule has 46 heteroatoms. The lowest BCUT2D eigenvalue weighted by Crippen LogP contribution is -2.64. The van der Waals surface area contributed by atoms with E-state index in [1.807, 2.05) is 34.6 Å². The maximum Gasteiger partial charge on any atom is 0.472 e. The first-order valence-corrected chi connectivity index (χ1v) is 50.8. The van der Waals surface area contributed by atoms with E-state index in [0.29, 0.717) is 155 Å². The normalized spacial score (nSPS) is 26.4. The molecule has 776 valence electrons. The third-order valence-corrected chi connectivity index (χ3v) is 27.5. The van der Waals surface area contributed by atoms with Gasteiger partial charge in [-0.2, -0.15) is 0 Å². The summed E-state index contributed by atoms with van der Waals surface area (Å²) in [5.41, 5.74) is -4.49. The number of aliphatic hydroxyl groups is 10. The van der Waals surface area contributed by atoms with Gasteiger partial charge in [0, 0.05) is 161 Å². The highest BCUT2D eigenvalue weighted by Crippen LogP contribution is 2.53. The maximum absolute atomic E-state index is 14.5. The van der Waals surface area contributed by atoms with E-state index in [2.05, 4.69) is 31.9 Å². The second-order valence-electron chi connectivity index (χ2n) is 37.8. The van der Waals surface area contributed by atoms with E-state index < -0.39 is 199 Å². The van der Waals surface area contributed by atoms with Crippen LogP contribution in [-0.2, 0) is 108 Å². The molecule has 6 fully saturated rings. The summed E-state index contributed by atoms with van der Waals surface area (Å²) in [4.78, 5) is 143. The molecule has 0 aromatic rings. The number of likely N-dealkylation sites (tertiary alicyclic amines) is 3. The third-order valence-electron chi connectivity index (χ3n) is 25.7. The predicted octanol–water partition coefficient (Wildman–Crippen LogP) is 0.884. The first-order valence-electron chi connectivity index (χ1n) is 47.8. The topological polar surface area (TPSA) is 623 Å². The number of carbonyl (C=O) groups excluding carboxylic acids is 9. The second-order valence-corrected chi connectivity index (χ2v) is 40.7. The quantitative estimate of drug-likeness (QED) is 0.0297. The van der Waals surface area contributed by atoms with Crippen molar-refractivity contribution in [2.75, 3.05) is 145 Å². The number of piperidine rings is 3. The van der Waals surface area contributed by atoms with Crippen LogP contribution in [0.3, 0.4) is 0 Å². The number of carbonyl (C=O) groups is 9. The molecule has 6 rings (SSSR count). The summed E-state index contributed by atoms with van der Waals surface area (Å²) in [6, 6.07) is -3.26. The highest BCUT2D eigenvalue weighted by atomic mass is 31.2. The van der Waals surface area contributed by atoms with Crippen molar-refractivity contribution in [2.24, 2.45) is 16.2 Å². The van der Waals surface area contributed by atoms with Crippen molar-refractivity contribution in [2.45, 2.75) is 345 Å². The number of phosphoric acid groups is 2. The van der Waals surface area contributed by atoms with Gasteiger partial charge in [-0.25, -0.2) is 9.13 Å². The Balaban J connectivity index is 0.994. The average molecular weight is 1970 g/mol. The molecule has 6 heterocycles. The van der Waals surface area contributed by atoms with Gasteiger partial charge >= 0.3 is 15.6 Å². The number of phosphoric ester groups is 2. The molecule has 134 heavy (non-hydrogen) atoms. The molecule has 6 aliphatic rings. The zero-order valence-corrected chi connectivity index (χ0v) is 81.5. The number of hydrogen-bond acceptors (Lipinski definition) is 33. The van der Waals surface area contributed by atoms with Crippen LogP contribution >= 0.6 is 15.6 Å². The molecule has 6 aliphatic heterocycles. The molecule has 0 saturated carbocycles. The molecule has 2 unspecified atom stereocenters. The SMILES string of the molecule is CCOC(C)(C)CCOC(C)(C)CC1(COP(=O)(O)OCC2(COP(=O)(O)OCC3(CO)CCN(C(=O)CCCCCNC(=O)CCCCO[C@@H]4O[C@H](CO)[C@H](O)[C@H](O)[C@H]4NC(C)=O)CC3)CCN(C(=O)CCCCCNC(=O)CCCCO[C@@H]3O[C@H](CO)[C@H](O)[C@H](O)[C@H]3NC(C)=O)CC2)CCN(C(=O)CCCCCNC(=O)CCCCO[C@@H]2O[C@H](CO)[C@H](O)[C@H](O)[C@H]2NC(C)=O)CC1. The summed E-state index contributed by atoms with van der Waals surface area (Å²) in [5, 5.41) is 118. The maximum atomic E-state index is 14.5. The monoisotopic (exact) mass is 1960 g/mol. The standard InChI is InChI=1S/C88H159N9O35P2/c1-9-124-84(5,6)37-50-125-85(7,8)54-86(31-41-95(42-32-86)69(108)28-13-10-19-38-89-66(105)25-16-22-47-121-81-72(92-60(2)102)78(114)75(111)63(51-98)130-81)56-126-133(117,118)128-58-88(35-45-97(46-36-88)71(110)30-15-12-21-40-91-68(107)27-18-24-49-123-83-74(94-62(4)104)80(116)77(113)65(53-100)132-83)59-129-134(119,120)127-57-87(55-101)33-43-96(44-34-87)70(109)29-14-11-20-39-90-67(106)26-17-23-48-122-82-73(93-61(3)103)79(115)76(112)64(52-99)131-82/h63-65,72-83,98-101,111-116H,9-59H2,1-8H3,(H,89,105)(H,90,106)(H,91,107)(H,92,102)(H,93,103)(H,94,104)(H,117,118)(H,119,120)/t63-,64-,65-,72-,73-,74-,75+,76+,77+,78-,79-,80-,81-,82-,83-/m1/s1. The van der Waals surface area contributed by atoms with Gasteiger partial charge in [-0.1, -0.05) is 19.3 Å². The molecule has 0 aromatic carbocycles. The summed E-state index contributed by atoms with van der Waals surface area (Å²) in [6.07, 6.45) is -4.50. The number of amides is 9. The Morgan fingerprint density at radius 3 is 0.970 bits per heavy atom. The van der Waals surface area contributed by atoms with Crippen molar-refractivity contribution in [3.63, 3.8) is 0 Å². The number of rotatable bonds is 63. The summed E-state index contributed by atoms with van der Waals surface area (Å²) >= 11 is 0. The molecule has 44 nitrogen and oxygen atoms in total. The summed E-state index contributed by atoms with van der Waals surface area (Å²) in [5.74, 6) is -2.44. The van der Waals surface area contributed by atoms with Crippen LogP contribution in [0.25, 0.3) is 0 Å². The zero-order chi connectivity index (χ0) is 98.9. The molecule has 0 bridgehead atoms. The fourth-order valence-corrected chi connectivity index (χ4v) is 19.3. The summed E-state index contributed by atoms with van der Waals surface area (Å²) in [7, 11) is -10.0. The van der Waals surface area contributed by atoms with E-state index >= 15 is 0 Å². The van der Waals surface area contributed by atoms with Gasteiger partial charge in [0.1, 0.15) is 73.1 Å². The van der Waals surface area contributed by atoms with E-state index in [1.54, 1.807) is 14.7 Å². The van der Waals surface area contributed by atoms with E-state index in [0.717, 1.165) is 0 Å². The van der Waals surface area contributed by atoms with Crippen LogP contribution in [0.15, 0.2) is 0 Å². The largest absolute Gasteiger partial charge is 0.472 e. The van der Waals surface area contributed by atoms with Gasteiger partial charge in [0.15, 0.2) is 18.9 Å². The second kappa shape index (κ2) is 58.8. The number of ether oxygens (including phenoxy) is 8. The number of nitrogens with one attached hydrogen (secondary N) is 6. The van der Waals surface area contributed by atoms with Gasteiger partial charge in [0.25, 0.3) is 0 Å². The van der Waals surface area contributed by atoms with Crippen molar-refractivity contribution >= 4 is 68.8 Å². The van der Waals surface area contributed by atoms with Gasteiger partial charge in [-0.3, -0.25) is 61.2 Å². The van der Waals surface area contributed by atoms with E-state index in [4.69, 9.17) is 56.0 Å². The van der Waals surface area contributed by atoms with Crippen LogP contribution in [0.2, 0.25) is 0 Å². The van der Waals surface area contributed by atoms with Gasteiger partial charge in [-0.15, -0.1) is 0 Å². The van der Waals surface area contributed by atoms with Crippen LogP contribution in [0.4, 0.5) is 0 Å². The van der Waals surface area contributed by atoms with Gasteiger partial charge in [0.2, 0.25) is 53.2 Å². The van der Waals surface area contributed by atoms with Crippen molar-refractivity contribution in [3.8, 4) is 0 Å². The Kier molecular flexibility index (Phi) is 51.6. The molecule has 9 amide bonds. The Labute approximate surface area is 786 Å². The minimum atomic E-state index is -5.02. The first-order chi connectivity index (χ1) is 63.5. The first kappa shape index (κ1) is 117. The number of nitrogens with zero attached hydrogens (tertiary/aromatic N) is 3. The molecule has 0 radical (unpaired) electrons. The number of aliphatic hydroxyl groups excluding tert-OH is 10. The molecular weight excluding hydrogens is 1800 g/mol. The molecule has 17 atom stereocenters.